The smallest absolute Gasteiger partial charge is 0.190 e. The Morgan fingerprint density at radius 2 is 1.59 bits per heavy atom. The van der Waals surface area contributed by atoms with Crippen molar-refractivity contribution in [3.63, 3.8) is 0 Å². The van der Waals surface area contributed by atoms with Gasteiger partial charge in [-0.05, 0) is 51.3 Å². The summed E-state index contributed by atoms with van der Waals surface area (Å²) in [6.45, 7) is 13.9. The number of piperazine rings is 1. The van der Waals surface area contributed by atoms with Crippen LogP contribution >= 0.6 is 0 Å². The highest BCUT2D eigenvalue weighted by atomic mass is 15.3. The van der Waals surface area contributed by atoms with E-state index in [0.29, 0.717) is 0 Å². The van der Waals surface area contributed by atoms with E-state index in [9.17, 15) is 0 Å². The fourth-order valence-electron chi connectivity index (χ4n) is 4.24. The maximum atomic E-state index is 4.51. The summed E-state index contributed by atoms with van der Waals surface area (Å²) >= 11 is 0. The zero-order valence-electron chi connectivity index (χ0n) is 20.2. The summed E-state index contributed by atoms with van der Waals surface area (Å²) in [5.74, 6) is 0.896. The van der Waals surface area contributed by atoms with Gasteiger partial charge < -0.3 is 15.5 Å². The minimum Gasteiger partial charge on any atom is -0.356 e. The number of hydrogen-bond donors (Lipinski definition) is 2. The summed E-state index contributed by atoms with van der Waals surface area (Å²) < 4.78 is 2.08. The van der Waals surface area contributed by atoms with Crippen LogP contribution in [0.25, 0.3) is 0 Å². The van der Waals surface area contributed by atoms with Crippen molar-refractivity contribution in [1.82, 2.24) is 30.2 Å². The van der Waals surface area contributed by atoms with Gasteiger partial charge in [-0.3, -0.25) is 14.6 Å². The third kappa shape index (κ3) is 8.28. The molecular weight excluding hydrogens is 398 g/mol. The predicted molar refractivity (Wildman–Crippen MR) is 133 cm³/mol. The number of benzene rings is 1. The lowest BCUT2D eigenvalue weighted by Crippen LogP contribution is -2.46. The van der Waals surface area contributed by atoms with Gasteiger partial charge in [-0.1, -0.05) is 30.3 Å². The average molecular weight is 440 g/mol. The standard InChI is InChI=1S/C25H41N7/c1-22-20-23(2)32(29-22)15-9-13-28-25(26-3)27-12-7-8-14-30-16-18-31(19-17-30)21-24-10-5-4-6-11-24/h4-6,10-11,20H,7-9,12-19,21H2,1-3H3,(H2,26,27,28). The molecule has 1 fully saturated rings. The van der Waals surface area contributed by atoms with Gasteiger partial charge in [-0.15, -0.1) is 0 Å². The first-order valence-electron chi connectivity index (χ1n) is 12.1. The highest BCUT2D eigenvalue weighted by molar-refractivity contribution is 5.79. The van der Waals surface area contributed by atoms with E-state index in [1.807, 2.05) is 14.0 Å². The monoisotopic (exact) mass is 439 g/mol. The van der Waals surface area contributed by atoms with Gasteiger partial charge in [0.2, 0.25) is 0 Å². The maximum absolute atomic E-state index is 4.51. The number of rotatable bonds is 11. The number of unbranched alkanes of at least 4 members (excludes halogenated alkanes) is 1. The molecule has 1 aliphatic heterocycles. The molecule has 0 aliphatic carbocycles. The van der Waals surface area contributed by atoms with Crippen LogP contribution in [0.15, 0.2) is 41.4 Å². The van der Waals surface area contributed by atoms with Gasteiger partial charge >= 0.3 is 0 Å². The number of hydrogen-bond acceptors (Lipinski definition) is 4. The second-order valence-corrected chi connectivity index (χ2v) is 8.74. The molecular formula is C25H41N7. The largest absolute Gasteiger partial charge is 0.356 e. The number of guanidine groups is 1. The number of nitrogens with one attached hydrogen (secondary N) is 2. The Morgan fingerprint density at radius 3 is 2.25 bits per heavy atom. The first-order chi connectivity index (χ1) is 15.6. The number of aromatic nitrogens is 2. The van der Waals surface area contributed by atoms with Crippen molar-refractivity contribution in [2.75, 3.05) is 52.9 Å². The van der Waals surface area contributed by atoms with Crippen LogP contribution in [0.5, 0.6) is 0 Å². The van der Waals surface area contributed by atoms with E-state index in [1.54, 1.807) is 0 Å². The van der Waals surface area contributed by atoms with Crippen LogP contribution in [0.1, 0.15) is 36.2 Å². The summed E-state index contributed by atoms with van der Waals surface area (Å²) in [5, 5.41) is 11.4. The van der Waals surface area contributed by atoms with Gasteiger partial charge in [0.1, 0.15) is 0 Å². The third-order valence-corrected chi connectivity index (χ3v) is 6.07. The number of nitrogens with zero attached hydrogens (tertiary/aromatic N) is 5. The predicted octanol–water partition coefficient (Wildman–Crippen LogP) is 2.65. The van der Waals surface area contributed by atoms with E-state index in [2.05, 4.69) is 78.5 Å². The van der Waals surface area contributed by atoms with Gasteiger partial charge in [0, 0.05) is 65.1 Å². The van der Waals surface area contributed by atoms with Crippen molar-refractivity contribution in [2.24, 2.45) is 4.99 Å². The average Bonchev–Trinajstić information content (AvgIpc) is 3.13. The Kier molecular flexibility index (Phi) is 10.0. The van der Waals surface area contributed by atoms with E-state index >= 15 is 0 Å². The van der Waals surface area contributed by atoms with Crippen molar-refractivity contribution < 1.29 is 0 Å². The Balaban J connectivity index is 1.20. The van der Waals surface area contributed by atoms with Crippen LogP contribution in [-0.2, 0) is 13.1 Å². The summed E-state index contributed by atoms with van der Waals surface area (Å²) in [5.41, 5.74) is 3.73. The molecule has 7 heteroatoms. The van der Waals surface area contributed by atoms with E-state index in [1.165, 1.54) is 50.4 Å². The van der Waals surface area contributed by atoms with Crippen molar-refractivity contribution >= 4 is 5.96 Å². The fraction of sp³-hybridized carbons (Fsp3) is 0.600. The van der Waals surface area contributed by atoms with Crippen LogP contribution in [0.4, 0.5) is 0 Å². The van der Waals surface area contributed by atoms with Crippen molar-refractivity contribution in [2.45, 2.75) is 46.2 Å². The normalized spacial score (nSPS) is 15.8. The van der Waals surface area contributed by atoms with Gasteiger partial charge in [-0.25, -0.2) is 0 Å². The first kappa shape index (κ1) is 24.3. The summed E-state index contributed by atoms with van der Waals surface area (Å²) in [7, 11) is 1.84. The molecule has 1 aromatic carbocycles. The van der Waals surface area contributed by atoms with E-state index in [-0.39, 0.29) is 0 Å². The van der Waals surface area contributed by atoms with Crippen LogP contribution in [0.3, 0.4) is 0 Å². The molecule has 0 bridgehead atoms. The summed E-state index contributed by atoms with van der Waals surface area (Å²) in [6, 6.07) is 12.9. The van der Waals surface area contributed by atoms with E-state index < -0.39 is 0 Å². The molecule has 1 aliphatic rings. The molecule has 0 atom stereocenters. The van der Waals surface area contributed by atoms with Gasteiger partial charge in [0.05, 0.1) is 5.69 Å². The van der Waals surface area contributed by atoms with Crippen LogP contribution in [-0.4, -0.2) is 78.4 Å². The molecule has 0 spiro atoms. The Bertz CT molecular complexity index is 807. The Morgan fingerprint density at radius 1 is 0.906 bits per heavy atom. The Hall–Kier alpha value is -2.38. The minimum atomic E-state index is 0.894. The molecule has 0 unspecified atom stereocenters. The molecule has 7 nitrogen and oxygen atoms in total. The molecule has 1 saturated heterocycles. The molecule has 3 rings (SSSR count). The van der Waals surface area contributed by atoms with E-state index in [4.69, 9.17) is 0 Å². The Labute approximate surface area is 193 Å². The lowest BCUT2D eigenvalue weighted by molar-refractivity contribution is 0.126. The third-order valence-electron chi connectivity index (χ3n) is 6.07. The molecule has 176 valence electrons. The lowest BCUT2D eigenvalue weighted by Gasteiger charge is -2.34. The van der Waals surface area contributed by atoms with Gasteiger partial charge in [0.15, 0.2) is 5.96 Å². The number of aryl methyl sites for hydroxylation is 3. The van der Waals surface area contributed by atoms with Crippen LogP contribution in [0.2, 0.25) is 0 Å². The first-order valence-corrected chi connectivity index (χ1v) is 12.1. The van der Waals surface area contributed by atoms with Crippen LogP contribution in [0, 0.1) is 13.8 Å². The second-order valence-electron chi connectivity index (χ2n) is 8.74. The second kappa shape index (κ2) is 13.2. The van der Waals surface area contributed by atoms with E-state index in [0.717, 1.165) is 50.7 Å². The van der Waals surface area contributed by atoms with Crippen molar-refractivity contribution in [1.29, 1.82) is 0 Å². The number of aliphatic imine (C=N–C) groups is 1. The summed E-state index contributed by atoms with van der Waals surface area (Å²) in [6.07, 6.45) is 3.41. The summed E-state index contributed by atoms with van der Waals surface area (Å²) in [4.78, 5) is 9.51. The molecule has 2 N–H and O–H groups in total. The topological polar surface area (TPSA) is 60.7 Å². The minimum absolute atomic E-state index is 0.894. The zero-order chi connectivity index (χ0) is 22.6. The van der Waals surface area contributed by atoms with Crippen molar-refractivity contribution in [3.05, 3.63) is 53.3 Å². The highest BCUT2D eigenvalue weighted by Crippen LogP contribution is 2.09. The van der Waals surface area contributed by atoms with Crippen molar-refractivity contribution in [3.8, 4) is 0 Å². The molecule has 2 heterocycles. The molecule has 32 heavy (non-hydrogen) atoms. The molecule has 0 amide bonds. The molecule has 0 radical (unpaired) electrons. The molecule has 2 aromatic rings. The maximum Gasteiger partial charge on any atom is 0.190 e. The highest BCUT2D eigenvalue weighted by Gasteiger charge is 2.16. The SMILES string of the molecule is CN=C(NCCCCN1CCN(Cc2ccccc2)CC1)NCCCn1nc(C)cc1C. The fourth-order valence-corrected chi connectivity index (χ4v) is 4.24. The molecule has 1 aromatic heterocycles. The van der Waals surface area contributed by atoms with Crippen LogP contribution < -0.4 is 10.6 Å². The van der Waals surface area contributed by atoms with Gasteiger partial charge in [-0.2, -0.15) is 5.10 Å². The molecule has 0 saturated carbocycles. The van der Waals surface area contributed by atoms with Gasteiger partial charge in [0.25, 0.3) is 0 Å². The lowest BCUT2D eigenvalue weighted by atomic mass is 10.2. The zero-order valence-corrected chi connectivity index (χ0v) is 20.2. The quantitative estimate of drug-likeness (QED) is 0.320.